The molecule has 2 aromatic rings. The van der Waals surface area contributed by atoms with E-state index < -0.39 is 16.6 Å². The maximum absolute atomic E-state index is 7.43. The Balaban J connectivity index is 2.06. The molecular formula is C36H50Cl2N4O2S2Ti. The van der Waals surface area contributed by atoms with E-state index in [9.17, 15) is 0 Å². The first kappa shape index (κ1) is 38.5. The van der Waals surface area contributed by atoms with Crippen LogP contribution in [-0.4, -0.2) is 44.7 Å². The van der Waals surface area contributed by atoms with Crippen LogP contribution in [0.2, 0.25) is 10.3 Å². The predicted octanol–water partition coefficient (Wildman–Crippen LogP) is 9.71. The van der Waals surface area contributed by atoms with Gasteiger partial charge in [-0.3, -0.25) is 0 Å². The van der Waals surface area contributed by atoms with Crippen molar-refractivity contribution < 1.29 is 26.1 Å². The van der Waals surface area contributed by atoms with Crippen LogP contribution in [-0.2, 0) is 16.6 Å². The number of halogens is 2. The average Bonchev–Trinajstić information content (AvgIpc) is 3.73. The van der Waals surface area contributed by atoms with Crippen LogP contribution < -0.4 is 17.2 Å². The van der Waals surface area contributed by atoms with Crippen molar-refractivity contribution in [2.24, 2.45) is 23.7 Å². The Labute approximate surface area is 304 Å². The normalized spacial score (nSPS) is 14.7. The number of ether oxygens (including phenoxy) is 2. The van der Waals surface area contributed by atoms with Crippen LogP contribution in [0.25, 0.3) is 0 Å². The van der Waals surface area contributed by atoms with Gasteiger partial charge in [-0.25, -0.2) is 0 Å². The Morgan fingerprint density at radius 1 is 0.638 bits per heavy atom. The second-order valence-corrected chi connectivity index (χ2v) is 22.4. The molecule has 4 rings (SSSR count). The third-order valence-electron chi connectivity index (χ3n) is 7.84. The van der Waals surface area contributed by atoms with Crippen molar-refractivity contribution in [2.45, 2.75) is 91.4 Å². The molecule has 256 valence electrons. The summed E-state index contributed by atoms with van der Waals surface area (Å²) in [5, 5.41) is 2.07. The van der Waals surface area contributed by atoms with Gasteiger partial charge in [0.05, 0.1) is 0 Å². The summed E-state index contributed by atoms with van der Waals surface area (Å²) in [5.74, 6) is 4.73. The van der Waals surface area contributed by atoms with Gasteiger partial charge in [-0.1, -0.05) is 0 Å². The standard InChI is InChI=1S/2C13H20ClN2OS.2C5H5.Ti/c2*1-9(2)5-6-17-12-7-11(14)15-13(16-12)18-8-10(3)4;2*1-2-4-5-3-1;/h2*9-10H,5-6,8H2,1-4H3;2*1-3H,4H2;. The van der Waals surface area contributed by atoms with Crippen LogP contribution in [0.5, 0.6) is 11.8 Å². The summed E-state index contributed by atoms with van der Waals surface area (Å²) in [6, 6.07) is 0. The molecule has 0 fully saturated rings. The number of hydrogen-bond donors (Lipinski definition) is 0. The van der Waals surface area contributed by atoms with Gasteiger partial charge in [0.15, 0.2) is 0 Å². The van der Waals surface area contributed by atoms with Crippen molar-refractivity contribution in [2.75, 3.05) is 24.7 Å². The van der Waals surface area contributed by atoms with E-state index >= 15 is 0 Å². The number of hydrogen-bond acceptors (Lipinski definition) is 8. The number of allylic oxidation sites excluding steroid dienone is 8. The van der Waals surface area contributed by atoms with Gasteiger partial charge in [0.2, 0.25) is 0 Å². The molecule has 0 saturated heterocycles. The Hall–Kier alpha value is -1.29. The molecule has 2 aromatic heterocycles. The van der Waals surface area contributed by atoms with E-state index in [2.05, 4.69) is 91.8 Å². The van der Waals surface area contributed by atoms with Gasteiger partial charge in [0.1, 0.15) is 0 Å². The van der Waals surface area contributed by atoms with Gasteiger partial charge in [0, 0.05) is 0 Å². The second-order valence-electron chi connectivity index (χ2n) is 13.8. The number of rotatable bonds is 18. The zero-order valence-corrected chi connectivity index (χ0v) is 33.8. The van der Waals surface area contributed by atoms with Crippen LogP contribution >= 0.6 is 46.7 Å². The summed E-state index contributed by atoms with van der Waals surface area (Å²) >= 11 is 13.9. The summed E-state index contributed by atoms with van der Waals surface area (Å²) < 4.78 is 17.5. The molecule has 0 saturated carbocycles. The molecular weight excluding hydrogens is 703 g/mol. The quantitative estimate of drug-likeness (QED) is 0.0646. The zero-order chi connectivity index (χ0) is 34.1. The molecule has 0 radical (unpaired) electrons. The number of thioether (sulfide) groups is 2. The first-order chi connectivity index (χ1) is 22.4. The molecule has 2 heterocycles. The number of nitrogens with zero attached hydrogens (tertiary/aromatic N) is 4. The first-order valence-corrected chi connectivity index (χ1v) is 22.7. The molecule has 0 spiro atoms. The van der Waals surface area contributed by atoms with E-state index in [1.54, 1.807) is 23.5 Å². The van der Waals surface area contributed by atoms with Gasteiger partial charge in [0.25, 0.3) is 0 Å². The van der Waals surface area contributed by atoms with E-state index in [0.29, 0.717) is 69.3 Å². The van der Waals surface area contributed by atoms with Crippen LogP contribution in [0.1, 0.15) is 81.1 Å². The summed E-state index contributed by atoms with van der Waals surface area (Å²) in [6.07, 6.45) is 16.4. The monoisotopic (exact) mass is 752 g/mol. The molecule has 0 unspecified atom stereocenters. The Bertz CT molecular complexity index is 1400. The fraction of sp³-hybridized carbons (Fsp3) is 0.556. The van der Waals surface area contributed by atoms with Crippen LogP contribution in [0.4, 0.5) is 0 Å². The molecule has 47 heavy (non-hydrogen) atoms. The third-order valence-corrected chi connectivity index (χ3v) is 19.3. The summed E-state index contributed by atoms with van der Waals surface area (Å²) in [5.41, 5.74) is 0. The molecule has 0 aliphatic heterocycles. The van der Waals surface area contributed by atoms with Gasteiger partial charge < -0.3 is 0 Å². The molecule has 2 aliphatic rings. The van der Waals surface area contributed by atoms with Crippen molar-refractivity contribution in [1.82, 2.24) is 19.9 Å². The van der Waals surface area contributed by atoms with Crippen molar-refractivity contribution >= 4 is 54.5 Å². The van der Waals surface area contributed by atoms with Gasteiger partial charge >= 0.3 is 307 Å². The topological polar surface area (TPSA) is 70.0 Å². The predicted molar refractivity (Wildman–Crippen MR) is 198 cm³/mol. The van der Waals surface area contributed by atoms with Crippen molar-refractivity contribution in [3.8, 4) is 11.8 Å². The van der Waals surface area contributed by atoms with Gasteiger partial charge in [-0.15, -0.1) is 0 Å². The van der Waals surface area contributed by atoms with Crippen LogP contribution in [0, 0.1) is 23.7 Å². The molecule has 0 aromatic carbocycles. The zero-order valence-electron chi connectivity index (χ0n) is 29.1. The molecule has 0 bridgehead atoms. The van der Waals surface area contributed by atoms with E-state index in [4.69, 9.17) is 52.6 Å². The second kappa shape index (κ2) is 18.1. The van der Waals surface area contributed by atoms with Crippen LogP contribution in [0.3, 0.4) is 0 Å². The fourth-order valence-corrected chi connectivity index (χ4v) is 16.6. The fourth-order valence-electron chi connectivity index (χ4n) is 5.45. The molecule has 6 nitrogen and oxygen atoms in total. The van der Waals surface area contributed by atoms with E-state index in [1.165, 1.54) is 7.76 Å². The van der Waals surface area contributed by atoms with Crippen molar-refractivity contribution in [3.05, 3.63) is 54.5 Å². The van der Waals surface area contributed by atoms with Gasteiger partial charge in [-0.2, -0.15) is 0 Å². The average molecular weight is 754 g/mol. The third kappa shape index (κ3) is 9.91. The van der Waals surface area contributed by atoms with Gasteiger partial charge in [-0.05, 0) is 0 Å². The molecule has 0 amide bonds. The first-order valence-electron chi connectivity index (χ1n) is 16.8. The molecule has 0 atom stereocenters. The number of aromatic nitrogens is 4. The SMILES string of the molecule is CC(C)CCOc1nc(SCC(C)C)nc(Cl)[c]1[Ti]([C]1=CC=CC1)([C]1=CC=CC1)[c]1c(Cl)nc(SCC(C)C)nc1OCCC(C)C. The summed E-state index contributed by atoms with van der Waals surface area (Å²) in [4.78, 5) is 20.1. The summed E-state index contributed by atoms with van der Waals surface area (Å²) in [6.45, 7) is 18.6. The maximum atomic E-state index is 7.43. The molecule has 11 heteroatoms. The van der Waals surface area contributed by atoms with Crippen molar-refractivity contribution in [3.63, 3.8) is 0 Å². The Morgan fingerprint density at radius 3 is 1.36 bits per heavy atom. The van der Waals surface area contributed by atoms with Crippen LogP contribution in [0.15, 0.2) is 54.5 Å². The minimum absolute atomic E-state index is 0.411. The Morgan fingerprint density at radius 2 is 1.04 bits per heavy atom. The van der Waals surface area contributed by atoms with E-state index in [-0.39, 0.29) is 0 Å². The molecule has 0 N–H and O–H groups in total. The van der Waals surface area contributed by atoms with E-state index in [0.717, 1.165) is 44.9 Å². The Kier molecular flexibility index (Phi) is 14.8. The van der Waals surface area contributed by atoms with Crippen molar-refractivity contribution in [1.29, 1.82) is 0 Å². The summed E-state index contributed by atoms with van der Waals surface area (Å²) in [7, 11) is 0. The molecule has 2 aliphatic carbocycles. The minimum atomic E-state index is -4.14. The van der Waals surface area contributed by atoms with E-state index in [1.807, 2.05) is 0 Å².